The van der Waals surface area contributed by atoms with E-state index in [1.54, 1.807) is 6.08 Å². The van der Waals surface area contributed by atoms with Gasteiger partial charge in [-0.1, -0.05) is 18.4 Å². The highest BCUT2D eigenvalue weighted by atomic mass is 16.2. The molecule has 4 heteroatoms. The zero-order valence-electron chi connectivity index (χ0n) is 13.4. The summed E-state index contributed by atoms with van der Waals surface area (Å²) >= 11 is 0. The van der Waals surface area contributed by atoms with Crippen LogP contribution in [0.15, 0.2) is 11.6 Å². The Morgan fingerprint density at radius 2 is 1.43 bits per heavy atom. The molecule has 4 nitrogen and oxygen atoms in total. The van der Waals surface area contributed by atoms with Gasteiger partial charge in [-0.2, -0.15) is 0 Å². The van der Waals surface area contributed by atoms with Crippen LogP contribution in [0.2, 0.25) is 0 Å². The largest absolute Gasteiger partial charge is 0.342 e. The maximum atomic E-state index is 12.6. The smallest absolute Gasteiger partial charge is 0.246 e. The fourth-order valence-electron chi connectivity index (χ4n) is 3.23. The Morgan fingerprint density at radius 3 is 1.95 bits per heavy atom. The van der Waals surface area contributed by atoms with Gasteiger partial charge in [0.2, 0.25) is 11.8 Å². The van der Waals surface area contributed by atoms with Crippen molar-refractivity contribution >= 4 is 11.8 Å². The molecule has 0 aromatic heterocycles. The van der Waals surface area contributed by atoms with Crippen LogP contribution in [0.3, 0.4) is 0 Å². The van der Waals surface area contributed by atoms with Crippen LogP contribution in [0.1, 0.15) is 52.4 Å². The van der Waals surface area contributed by atoms with E-state index in [4.69, 9.17) is 0 Å². The normalized spacial score (nSPS) is 20.9. The summed E-state index contributed by atoms with van der Waals surface area (Å²) in [6.07, 6.45) is 8.11. The van der Waals surface area contributed by atoms with Crippen molar-refractivity contribution in [2.75, 3.05) is 26.2 Å². The van der Waals surface area contributed by atoms with Crippen molar-refractivity contribution in [3.05, 3.63) is 11.6 Å². The summed E-state index contributed by atoms with van der Waals surface area (Å²) in [6, 6.07) is 0. The molecule has 0 atom stereocenters. The summed E-state index contributed by atoms with van der Waals surface area (Å²) in [5, 5.41) is 0. The molecule has 0 bridgehead atoms. The van der Waals surface area contributed by atoms with E-state index in [2.05, 4.69) is 4.90 Å². The molecule has 0 radical (unpaired) electrons. The Balaban J connectivity index is 1.84. The first-order chi connectivity index (χ1) is 10.1. The quantitative estimate of drug-likeness (QED) is 0.734. The van der Waals surface area contributed by atoms with Gasteiger partial charge < -0.3 is 9.80 Å². The van der Waals surface area contributed by atoms with Gasteiger partial charge in [-0.05, 0) is 39.5 Å². The fraction of sp³-hybridized carbons (Fsp3) is 0.765. The Kier molecular flexibility index (Phi) is 5.83. The zero-order valence-corrected chi connectivity index (χ0v) is 13.4. The molecule has 0 aromatic rings. The van der Waals surface area contributed by atoms with Gasteiger partial charge in [-0.15, -0.1) is 0 Å². The van der Waals surface area contributed by atoms with Crippen LogP contribution in [-0.4, -0.2) is 47.8 Å². The molecule has 0 spiro atoms. The first kappa shape index (κ1) is 16.1. The highest BCUT2D eigenvalue weighted by Crippen LogP contribution is 2.22. The van der Waals surface area contributed by atoms with Crippen molar-refractivity contribution in [3.8, 4) is 0 Å². The maximum Gasteiger partial charge on any atom is 0.246 e. The molecule has 0 unspecified atom stereocenters. The minimum atomic E-state index is 0.0932. The molecular weight excluding hydrogens is 264 g/mol. The number of rotatable bonds is 2. The van der Waals surface area contributed by atoms with Gasteiger partial charge >= 0.3 is 0 Å². The highest BCUT2D eigenvalue weighted by Gasteiger charge is 2.29. The van der Waals surface area contributed by atoms with Crippen LogP contribution in [-0.2, 0) is 9.59 Å². The third-order valence-electron chi connectivity index (χ3n) is 4.49. The first-order valence-electron chi connectivity index (χ1n) is 8.30. The summed E-state index contributed by atoms with van der Waals surface area (Å²) in [5.74, 6) is 0.542. The molecule has 2 fully saturated rings. The molecule has 2 aliphatic heterocycles. The average molecular weight is 292 g/mol. The Bertz CT molecular complexity index is 397. The molecule has 2 heterocycles. The average Bonchev–Trinajstić information content (AvgIpc) is 2.75. The van der Waals surface area contributed by atoms with Crippen LogP contribution >= 0.6 is 0 Å². The second-order valence-electron chi connectivity index (χ2n) is 6.56. The van der Waals surface area contributed by atoms with Gasteiger partial charge in [0.05, 0.1) is 0 Å². The molecule has 0 N–H and O–H groups in total. The molecule has 21 heavy (non-hydrogen) atoms. The number of carbonyl (C=O) groups excluding carboxylic acids is 2. The molecule has 2 rings (SSSR count). The van der Waals surface area contributed by atoms with Crippen LogP contribution in [0.25, 0.3) is 0 Å². The number of allylic oxidation sites excluding steroid dienone is 1. The number of nitrogens with zero attached hydrogens (tertiary/aromatic N) is 2. The summed E-state index contributed by atoms with van der Waals surface area (Å²) in [7, 11) is 0. The molecule has 0 aliphatic carbocycles. The predicted octanol–water partition coefficient (Wildman–Crippen LogP) is 2.59. The summed E-state index contributed by atoms with van der Waals surface area (Å²) in [5.41, 5.74) is 1.03. The number of piperidine rings is 1. The molecule has 2 saturated heterocycles. The Hall–Kier alpha value is -1.32. The van der Waals surface area contributed by atoms with Gasteiger partial charge in [0.1, 0.15) is 0 Å². The van der Waals surface area contributed by atoms with E-state index in [0.29, 0.717) is 19.0 Å². The van der Waals surface area contributed by atoms with Gasteiger partial charge in [-0.3, -0.25) is 9.59 Å². The van der Waals surface area contributed by atoms with Crippen LogP contribution in [0.5, 0.6) is 0 Å². The number of hydrogen-bond acceptors (Lipinski definition) is 2. The van der Waals surface area contributed by atoms with Crippen molar-refractivity contribution in [1.82, 2.24) is 9.80 Å². The Morgan fingerprint density at radius 1 is 0.857 bits per heavy atom. The van der Waals surface area contributed by atoms with Gasteiger partial charge in [0.25, 0.3) is 0 Å². The standard InChI is InChI=1S/C17H28N2O2/c1-14(2)13-16(20)18-11-7-15(8-12-18)17(21)19-9-5-3-4-6-10-19/h13,15H,3-12H2,1-2H3. The van der Waals surface area contributed by atoms with E-state index in [-0.39, 0.29) is 11.8 Å². The summed E-state index contributed by atoms with van der Waals surface area (Å²) in [6.45, 7) is 7.16. The number of likely N-dealkylation sites (tertiary alicyclic amines) is 2. The van der Waals surface area contributed by atoms with E-state index in [0.717, 1.165) is 44.3 Å². The molecule has 2 amide bonds. The maximum absolute atomic E-state index is 12.6. The number of carbonyl (C=O) groups is 2. The van der Waals surface area contributed by atoms with Crippen molar-refractivity contribution < 1.29 is 9.59 Å². The lowest BCUT2D eigenvalue weighted by Gasteiger charge is -2.33. The van der Waals surface area contributed by atoms with Crippen LogP contribution < -0.4 is 0 Å². The molecular formula is C17H28N2O2. The van der Waals surface area contributed by atoms with Crippen LogP contribution in [0.4, 0.5) is 0 Å². The molecule has 0 aromatic carbocycles. The van der Waals surface area contributed by atoms with E-state index in [1.165, 1.54) is 12.8 Å². The summed E-state index contributed by atoms with van der Waals surface area (Å²) in [4.78, 5) is 28.5. The number of hydrogen-bond donors (Lipinski definition) is 0. The highest BCUT2D eigenvalue weighted by molar-refractivity contribution is 5.88. The lowest BCUT2D eigenvalue weighted by molar-refractivity contribution is -0.139. The van der Waals surface area contributed by atoms with Crippen molar-refractivity contribution in [3.63, 3.8) is 0 Å². The monoisotopic (exact) mass is 292 g/mol. The third kappa shape index (κ3) is 4.58. The van der Waals surface area contributed by atoms with E-state index in [9.17, 15) is 9.59 Å². The van der Waals surface area contributed by atoms with E-state index in [1.807, 2.05) is 18.7 Å². The SMILES string of the molecule is CC(C)=CC(=O)N1CCC(C(=O)N2CCCCCC2)CC1. The molecule has 0 saturated carbocycles. The third-order valence-corrected chi connectivity index (χ3v) is 4.49. The Labute approximate surface area is 128 Å². The minimum Gasteiger partial charge on any atom is -0.342 e. The minimum absolute atomic E-state index is 0.0932. The van der Waals surface area contributed by atoms with Gasteiger partial charge in [0.15, 0.2) is 0 Å². The second kappa shape index (κ2) is 7.62. The lowest BCUT2D eigenvalue weighted by atomic mass is 9.95. The van der Waals surface area contributed by atoms with Crippen molar-refractivity contribution in [1.29, 1.82) is 0 Å². The molecule has 118 valence electrons. The van der Waals surface area contributed by atoms with Gasteiger partial charge in [-0.25, -0.2) is 0 Å². The van der Waals surface area contributed by atoms with Crippen LogP contribution in [0, 0.1) is 5.92 Å². The zero-order chi connectivity index (χ0) is 15.2. The topological polar surface area (TPSA) is 40.6 Å². The van der Waals surface area contributed by atoms with E-state index < -0.39 is 0 Å². The lowest BCUT2D eigenvalue weighted by Crippen LogP contribution is -2.44. The molecule has 2 aliphatic rings. The summed E-state index contributed by atoms with van der Waals surface area (Å²) < 4.78 is 0. The van der Waals surface area contributed by atoms with Gasteiger partial charge in [0, 0.05) is 38.2 Å². The van der Waals surface area contributed by atoms with Crippen molar-refractivity contribution in [2.24, 2.45) is 5.92 Å². The van der Waals surface area contributed by atoms with E-state index >= 15 is 0 Å². The fourth-order valence-corrected chi connectivity index (χ4v) is 3.23. The second-order valence-corrected chi connectivity index (χ2v) is 6.56. The number of amides is 2. The predicted molar refractivity (Wildman–Crippen MR) is 83.8 cm³/mol. The van der Waals surface area contributed by atoms with Crippen molar-refractivity contribution in [2.45, 2.75) is 52.4 Å². The first-order valence-corrected chi connectivity index (χ1v) is 8.30.